The van der Waals surface area contributed by atoms with Crippen LogP contribution in [0.15, 0.2) is 48.7 Å². The van der Waals surface area contributed by atoms with E-state index < -0.39 is 0 Å². The topological polar surface area (TPSA) is 65.5 Å². The number of anilines is 1. The molecule has 5 heteroatoms. The van der Waals surface area contributed by atoms with Crippen LogP contribution in [0, 0.1) is 23.2 Å². The van der Waals surface area contributed by atoms with Crippen molar-refractivity contribution in [2.45, 2.75) is 57.1 Å². The van der Waals surface area contributed by atoms with Crippen LogP contribution < -0.4 is 10.2 Å². The van der Waals surface area contributed by atoms with Crippen molar-refractivity contribution in [1.29, 1.82) is 0 Å². The number of aromatic nitrogens is 1. The lowest BCUT2D eigenvalue weighted by Gasteiger charge is -2.58. The van der Waals surface area contributed by atoms with Crippen molar-refractivity contribution in [1.82, 2.24) is 10.3 Å². The lowest BCUT2D eigenvalue weighted by atomic mass is 9.48. The number of aliphatic hydroxyl groups excluding tert-OH is 1. The van der Waals surface area contributed by atoms with Crippen molar-refractivity contribution in [3.63, 3.8) is 0 Å². The molecule has 2 unspecified atom stereocenters. The first kappa shape index (κ1) is 20.2. The Morgan fingerprint density at radius 2 is 1.84 bits per heavy atom. The van der Waals surface area contributed by atoms with Gasteiger partial charge in [0, 0.05) is 36.6 Å². The van der Waals surface area contributed by atoms with E-state index in [1.165, 1.54) is 5.69 Å². The number of carbonyl (C=O) groups excluding carboxylic acids is 1. The van der Waals surface area contributed by atoms with E-state index in [2.05, 4.69) is 39.5 Å². The van der Waals surface area contributed by atoms with Crippen LogP contribution >= 0.6 is 0 Å². The highest BCUT2D eigenvalue weighted by Crippen LogP contribution is 2.60. The zero-order valence-electron chi connectivity index (χ0n) is 18.6. The molecule has 4 aliphatic carbocycles. The number of aliphatic hydroxyl groups is 1. The van der Waals surface area contributed by atoms with E-state index in [9.17, 15) is 9.90 Å². The molecule has 5 nitrogen and oxygen atoms in total. The van der Waals surface area contributed by atoms with Gasteiger partial charge in [0.25, 0.3) is 0 Å². The van der Waals surface area contributed by atoms with Gasteiger partial charge in [-0.1, -0.05) is 18.2 Å². The SMILES string of the molecule is O=C(N[C@H]1CCCN(c2ccc(-c3ccccn3)cc2)C1)C12CC3CC(C1)C(O)C(C3)C2. The van der Waals surface area contributed by atoms with Crippen molar-refractivity contribution in [2.24, 2.45) is 23.2 Å². The van der Waals surface area contributed by atoms with Gasteiger partial charge in [0.1, 0.15) is 0 Å². The minimum absolute atomic E-state index is 0.174. The van der Waals surface area contributed by atoms with Crippen molar-refractivity contribution in [2.75, 3.05) is 18.0 Å². The molecule has 168 valence electrons. The lowest BCUT2D eigenvalue weighted by Crippen LogP contribution is -2.60. The van der Waals surface area contributed by atoms with E-state index in [1.807, 2.05) is 24.4 Å². The van der Waals surface area contributed by atoms with Crippen molar-refractivity contribution in [3.8, 4) is 11.3 Å². The Balaban J connectivity index is 1.12. The highest BCUT2D eigenvalue weighted by molar-refractivity contribution is 5.83. The third-order valence-corrected chi connectivity index (χ3v) is 8.65. The largest absolute Gasteiger partial charge is 0.393 e. The van der Waals surface area contributed by atoms with E-state index >= 15 is 0 Å². The predicted octanol–water partition coefficient (Wildman–Crippen LogP) is 4.02. The van der Waals surface area contributed by atoms with Crippen LogP contribution in [0.3, 0.4) is 0 Å². The fraction of sp³-hybridized carbons (Fsp3) is 0.556. The first-order valence-electron chi connectivity index (χ1n) is 12.4. The van der Waals surface area contributed by atoms with Gasteiger partial charge in [-0.2, -0.15) is 0 Å². The molecule has 4 saturated carbocycles. The second-order valence-corrected chi connectivity index (χ2v) is 10.8. The van der Waals surface area contributed by atoms with Gasteiger partial charge in [0.15, 0.2) is 0 Å². The van der Waals surface area contributed by atoms with E-state index in [1.54, 1.807) is 0 Å². The lowest BCUT2D eigenvalue weighted by molar-refractivity contribution is -0.163. The molecule has 1 aliphatic heterocycles. The molecule has 2 heterocycles. The smallest absolute Gasteiger partial charge is 0.226 e. The van der Waals surface area contributed by atoms with Gasteiger partial charge in [-0.15, -0.1) is 0 Å². The Hall–Kier alpha value is -2.40. The number of piperidine rings is 1. The summed E-state index contributed by atoms with van der Waals surface area (Å²) in [5, 5.41) is 14.0. The average Bonchev–Trinajstić information content (AvgIpc) is 2.83. The van der Waals surface area contributed by atoms with E-state index in [-0.39, 0.29) is 23.5 Å². The molecule has 7 rings (SSSR count). The molecule has 4 bridgehead atoms. The summed E-state index contributed by atoms with van der Waals surface area (Å²) in [6.07, 6.45) is 8.84. The van der Waals surface area contributed by atoms with Gasteiger partial charge >= 0.3 is 0 Å². The highest BCUT2D eigenvalue weighted by Gasteiger charge is 2.58. The molecular weight excluding hydrogens is 398 g/mol. The Labute approximate surface area is 190 Å². The monoisotopic (exact) mass is 431 g/mol. The van der Waals surface area contributed by atoms with E-state index in [4.69, 9.17) is 0 Å². The summed E-state index contributed by atoms with van der Waals surface area (Å²) < 4.78 is 0. The number of hydrogen-bond donors (Lipinski definition) is 2. The molecule has 32 heavy (non-hydrogen) atoms. The molecule has 1 aromatic heterocycles. The number of amides is 1. The van der Waals surface area contributed by atoms with Crippen LogP contribution in [0.1, 0.15) is 44.9 Å². The zero-order chi connectivity index (χ0) is 21.7. The van der Waals surface area contributed by atoms with Crippen molar-refractivity contribution < 1.29 is 9.90 Å². The van der Waals surface area contributed by atoms with Crippen LogP contribution in [0.4, 0.5) is 5.69 Å². The van der Waals surface area contributed by atoms with Crippen molar-refractivity contribution >= 4 is 11.6 Å². The number of carbonyl (C=O) groups is 1. The second kappa shape index (κ2) is 7.87. The fourth-order valence-corrected chi connectivity index (χ4v) is 7.32. The number of hydrogen-bond acceptors (Lipinski definition) is 4. The fourth-order valence-electron chi connectivity index (χ4n) is 7.32. The molecule has 5 aliphatic rings. The van der Waals surface area contributed by atoms with Crippen molar-refractivity contribution in [3.05, 3.63) is 48.7 Å². The molecule has 2 N–H and O–H groups in total. The molecule has 2 aromatic rings. The molecular formula is C27H33N3O2. The number of benzene rings is 1. The first-order chi connectivity index (χ1) is 15.6. The maximum absolute atomic E-state index is 13.5. The maximum atomic E-state index is 13.5. The molecule has 0 spiro atoms. The highest BCUT2D eigenvalue weighted by atomic mass is 16.3. The minimum atomic E-state index is -0.220. The van der Waals surface area contributed by atoms with Gasteiger partial charge < -0.3 is 15.3 Å². The molecule has 1 saturated heterocycles. The minimum Gasteiger partial charge on any atom is -0.393 e. The standard InChI is InChI=1S/C27H33N3O2/c31-25-20-12-18-13-21(25)16-27(14-18,15-20)26(32)29-22-4-3-11-30(17-22)23-8-6-19(7-9-23)24-5-1-2-10-28-24/h1-2,5-10,18,20-22,25,31H,3-4,11-17H2,(H,29,32)/t18?,20?,21?,22-,25?,27?/m0/s1. The summed E-state index contributed by atoms with van der Waals surface area (Å²) in [7, 11) is 0. The molecule has 3 atom stereocenters. The Kier molecular flexibility index (Phi) is 4.98. The first-order valence-corrected chi connectivity index (χ1v) is 12.4. The number of nitrogens with zero attached hydrogens (tertiary/aromatic N) is 2. The van der Waals surface area contributed by atoms with Crippen LogP contribution in [0.2, 0.25) is 0 Å². The van der Waals surface area contributed by atoms with Gasteiger partial charge in [-0.3, -0.25) is 9.78 Å². The number of pyridine rings is 1. The van der Waals surface area contributed by atoms with Crippen LogP contribution in [-0.2, 0) is 4.79 Å². The Bertz CT molecular complexity index is 960. The van der Waals surface area contributed by atoms with E-state index in [0.717, 1.165) is 69.3 Å². The summed E-state index contributed by atoms with van der Waals surface area (Å²) in [5.74, 6) is 1.59. The summed E-state index contributed by atoms with van der Waals surface area (Å²) in [4.78, 5) is 20.3. The molecule has 1 aromatic carbocycles. The summed E-state index contributed by atoms with van der Waals surface area (Å²) in [6, 6.07) is 14.8. The second-order valence-electron chi connectivity index (χ2n) is 10.8. The van der Waals surface area contributed by atoms with Gasteiger partial charge in [0.05, 0.1) is 17.2 Å². The normalized spacial score (nSPS) is 35.7. The molecule has 0 radical (unpaired) electrons. The van der Waals surface area contributed by atoms with Crippen LogP contribution in [0.25, 0.3) is 11.3 Å². The van der Waals surface area contributed by atoms with Gasteiger partial charge in [0.2, 0.25) is 5.91 Å². The van der Waals surface area contributed by atoms with Crippen LogP contribution in [0.5, 0.6) is 0 Å². The zero-order valence-corrected chi connectivity index (χ0v) is 18.6. The third kappa shape index (κ3) is 3.51. The Morgan fingerprint density at radius 1 is 1.06 bits per heavy atom. The van der Waals surface area contributed by atoms with Crippen LogP contribution in [-0.4, -0.2) is 41.2 Å². The van der Waals surface area contributed by atoms with Gasteiger partial charge in [-0.05, 0) is 87.0 Å². The Morgan fingerprint density at radius 3 is 2.56 bits per heavy atom. The summed E-state index contributed by atoms with van der Waals surface area (Å²) in [5.41, 5.74) is 3.10. The van der Waals surface area contributed by atoms with Gasteiger partial charge in [-0.25, -0.2) is 0 Å². The maximum Gasteiger partial charge on any atom is 0.226 e. The molecule has 5 fully saturated rings. The summed E-state index contributed by atoms with van der Waals surface area (Å²) in [6.45, 7) is 1.89. The summed E-state index contributed by atoms with van der Waals surface area (Å²) >= 11 is 0. The average molecular weight is 432 g/mol. The number of nitrogens with one attached hydrogen (secondary N) is 1. The quantitative estimate of drug-likeness (QED) is 0.767. The van der Waals surface area contributed by atoms with E-state index in [0.29, 0.717) is 17.8 Å². The third-order valence-electron chi connectivity index (χ3n) is 8.65. The predicted molar refractivity (Wildman–Crippen MR) is 125 cm³/mol. The molecule has 1 amide bonds. The number of rotatable bonds is 4.